The Morgan fingerprint density at radius 3 is 2.70 bits per heavy atom. The molecule has 2 N–H and O–H groups in total. The van der Waals surface area contributed by atoms with Gasteiger partial charge in [0.1, 0.15) is 5.82 Å². The number of nitrogens with zero attached hydrogens (tertiary/aromatic N) is 2. The number of aromatic nitrogens is 2. The molecule has 5 nitrogen and oxygen atoms in total. The first-order valence-electron chi connectivity index (χ1n) is 5.98. The third-order valence-corrected chi connectivity index (χ3v) is 3.16. The van der Waals surface area contributed by atoms with Crippen LogP contribution in [0.2, 0.25) is 5.02 Å². The number of nitrogens with two attached hydrogens (primary N) is 1. The van der Waals surface area contributed by atoms with Crippen LogP contribution in [-0.4, -0.2) is 15.7 Å². The molecule has 0 radical (unpaired) electrons. The Bertz CT molecular complexity index is 739. The zero-order chi connectivity index (χ0) is 14.7. The summed E-state index contributed by atoms with van der Waals surface area (Å²) in [6.07, 6.45) is 1.33. The van der Waals surface area contributed by atoms with Crippen LogP contribution in [0.15, 0.2) is 40.1 Å². The molecular weight excluding hydrogens is 285 g/mol. The summed E-state index contributed by atoms with van der Waals surface area (Å²) in [5.74, 6) is -0.572. The third-order valence-electron chi connectivity index (χ3n) is 2.86. The van der Waals surface area contributed by atoms with E-state index in [9.17, 15) is 14.0 Å². The first-order chi connectivity index (χ1) is 9.54. The van der Waals surface area contributed by atoms with Gasteiger partial charge in [-0.2, -0.15) is 0 Å². The molecule has 2 rings (SSSR count). The molecule has 0 atom stereocenters. The summed E-state index contributed by atoms with van der Waals surface area (Å²) < 4.78 is 16.1. The summed E-state index contributed by atoms with van der Waals surface area (Å²) in [7, 11) is 0. The van der Waals surface area contributed by atoms with E-state index in [1.165, 1.54) is 29.0 Å². The maximum absolute atomic E-state index is 13.8. The Hall–Kier alpha value is -1.92. The highest BCUT2D eigenvalue weighted by molar-refractivity contribution is 6.30. The van der Waals surface area contributed by atoms with Crippen molar-refractivity contribution in [2.45, 2.75) is 13.1 Å². The van der Waals surface area contributed by atoms with Gasteiger partial charge in [0.25, 0.3) is 5.56 Å². The van der Waals surface area contributed by atoms with Crippen LogP contribution in [0.4, 0.5) is 4.39 Å². The average molecular weight is 298 g/mol. The highest BCUT2D eigenvalue weighted by Crippen LogP contribution is 2.18. The van der Waals surface area contributed by atoms with Crippen LogP contribution < -0.4 is 17.0 Å². The fourth-order valence-corrected chi connectivity index (χ4v) is 2.06. The molecule has 0 saturated carbocycles. The van der Waals surface area contributed by atoms with Crippen LogP contribution in [0, 0.1) is 5.82 Å². The molecule has 2 aromatic rings. The normalized spacial score (nSPS) is 10.8. The molecule has 1 aromatic carbocycles. The predicted molar refractivity (Wildman–Crippen MR) is 74.5 cm³/mol. The van der Waals surface area contributed by atoms with Gasteiger partial charge < -0.3 is 5.73 Å². The summed E-state index contributed by atoms with van der Waals surface area (Å²) in [6.45, 7) is 0.289. The Kier molecular flexibility index (Phi) is 4.36. The number of hydrogen-bond acceptors (Lipinski definition) is 3. The molecule has 0 amide bonds. The van der Waals surface area contributed by atoms with Gasteiger partial charge in [0.15, 0.2) is 0 Å². The lowest BCUT2D eigenvalue weighted by molar-refractivity contribution is 0.559. The molecule has 20 heavy (non-hydrogen) atoms. The first kappa shape index (κ1) is 14.5. The molecular formula is C13H13ClFN3O2. The molecule has 0 aliphatic heterocycles. The van der Waals surface area contributed by atoms with Crippen LogP contribution in [0.5, 0.6) is 0 Å². The zero-order valence-corrected chi connectivity index (χ0v) is 11.3. The van der Waals surface area contributed by atoms with Crippen molar-refractivity contribution in [3.63, 3.8) is 0 Å². The van der Waals surface area contributed by atoms with Crippen molar-refractivity contribution in [3.8, 4) is 0 Å². The largest absolute Gasteiger partial charge is 0.331 e. The quantitative estimate of drug-likeness (QED) is 0.908. The molecule has 1 heterocycles. The van der Waals surface area contributed by atoms with Crippen molar-refractivity contribution in [2.75, 3.05) is 6.54 Å². The lowest BCUT2D eigenvalue weighted by Crippen LogP contribution is -2.40. The maximum atomic E-state index is 13.8. The summed E-state index contributed by atoms with van der Waals surface area (Å²) in [4.78, 5) is 23.6. The zero-order valence-electron chi connectivity index (χ0n) is 10.6. The Labute approximate surface area is 119 Å². The van der Waals surface area contributed by atoms with Gasteiger partial charge >= 0.3 is 5.69 Å². The second-order valence-electron chi connectivity index (χ2n) is 4.22. The van der Waals surface area contributed by atoms with Gasteiger partial charge in [-0.15, -0.1) is 0 Å². The van der Waals surface area contributed by atoms with Crippen molar-refractivity contribution in [2.24, 2.45) is 5.73 Å². The van der Waals surface area contributed by atoms with Crippen molar-refractivity contribution in [1.82, 2.24) is 9.13 Å². The maximum Gasteiger partial charge on any atom is 0.331 e. The lowest BCUT2D eigenvalue weighted by atomic mass is 10.2. The fourth-order valence-electron chi connectivity index (χ4n) is 1.87. The molecule has 7 heteroatoms. The lowest BCUT2D eigenvalue weighted by Gasteiger charge is -2.10. The monoisotopic (exact) mass is 297 g/mol. The van der Waals surface area contributed by atoms with E-state index in [-0.39, 0.29) is 30.2 Å². The minimum atomic E-state index is -0.572. The summed E-state index contributed by atoms with van der Waals surface area (Å²) >= 11 is 5.69. The van der Waals surface area contributed by atoms with E-state index in [1.807, 2.05) is 0 Å². The molecule has 1 aromatic heterocycles. The van der Waals surface area contributed by atoms with Gasteiger partial charge in [-0.1, -0.05) is 23.7 Å². The first-order valence-corrected chi connectivity index (χ1v) is 6.35. The summed E-state index contributed by atoms with van der Waals surface area (Å²) in [5.41, 5.74) is 4.68. The van der Waals surface area contributed by atoms with E-state index in [2.05, 4.69) is 0 Å². The van der Waals surface area contributed by atoms with Crippen LogP contribution >= 0.6 is 11.6 Å². The minimum absolute atomic E-state index is 0.00389. The van der Waals surface area contributed by atoms with Gasteiger partial charge in [-0.3, -0.25) is 13.9 Å². The van der Waals surface area contributed by atoms with E-state index in [4.69, 9.17) is 17.3 Å². The van der Waals surface area contributed by atoms with Crippen LogP contribution in [0.1, 0.15) is 5.56 Å². The predicted octanol–water partition coefficient (Wildman–Crippen LogP) is 0.810. The smallest absolute Gasteiger partial charge is 0.329 e. The molecule has 0 unspecified atom stereocenters. The van der Waals surface area contributed by atoms with E-state index in [0.717, 1.165) is 4.57 Å². The highest BCUT2D eigenvalue weighted by Gasteiger charge is 2.09. The van der Waals surface area contributed by atoms with Crippen LogP contribution in [-0.2, 0) is 13.1 Å². The molecule has 0 aliphatic carbocycles. The Morgan fingerprint density at radius 2 is 2.00 bits per heavy atom. The average Bonchev–Trinajstić information content (AvgIpc) is 2.43. The minimum Gasteiger partial charge on any atom is -0.329 e. The van der Waals surface area contributed by atoms with Crippen molar-refractivity contribution >= 4 is 11.6 Å². The van der Waals surface area contributed by atoms with Gasteiger partial charge in [0.2, 0.25) is 0 Å². The standard InChI is InChI=1S/C13H13ClFN3O2/c14-10-3-1-2-9(12(10)15)8-17-6-4-11(19)18(7-5-16)13(17)20/h1-4,6H,5,7-8,16H2. The second kappa shape index (κ2) is 6.02. The summed E-state index contributed by atoms with van der Waals surface area (Å²) in [5, 5.41) is -0.00849. The molecule has 0 spiro atoms. The molecule has 0 aliphatic rings. The van der Waals surface area contributed by atoms with Gasteiger partial charge in [0, 0.05) is 30.9 Å². The van der Waals surface area contributed by atoms with Crippen molar-refractivity contribution in [1.29, 1.82) is 0 Å². The van der Waals surface area contributed by atoms with Crippen LogP contribution in [0.3, 0.4) is 0 Å². The molecule has 0 bridgehead atoms. The van der Waals surface area contributed by atoms with E-state index < -0.39 is 17.1 Å². The molecule has 0 saturated heterocycles. The number of rotatable bonds is 4. The van der Waals surface area contributed by atoms with Crippen molar-refractivity contribution in [3.05, 3.63) is 67.7 Å². The fraction of sp³-hybridized carbons (Fsp3) is 0.231. The number of benzene rings is 1. The Morgan fingerprint density at radius 1 is 1.25 bits per heavy atom. The van der Waals surface area contributed by atoms with E-state index in [0.29, 0.717) is 0 Å². The third kappa shape index (κ3) is 2.81. The second-order valence-corrected chi connectivity index (χ2v) is 4.62. The van der Waals surface area contributed by atoms with Gasteiger partial charge in [-0.25, -0.2) is 9.18 Å². The van der Waals surface area contributed by atoms with Gasteiger partial charge in [-0.05, 0) is 6.07 Å². The Balaban J connectivity index is 2.45. The van der Waals surface area contributed by atoms with Gasteiger partial charge in [0.05, 0.1) is 11.6 Å². The SMILES string of the molecule is NCCn1c(=O)ccn(Cc2cccc(Cl)c2F)c1=O. The van der Waals surface area contributed by atoms with E-state index in [1.54, 1.807) is 6.07 Å². The molecule has 0 fully saturated rings. The highest BCUT2D eigenvalue weighted by atomic mass is 35.5. The molecule has 106 valence electrons. The summed E-state index contributed by atoms with van der Waals surface area (Å²) in [6, 6.07) is 5.81. The van der Waals surface area contributed by atoms with Crippen molar-refractivity contribution < 1.29 is 4.39 Å². The van der Waals surface area contributed by atoms with E-state index >= 15 is 0 Å². The number of hydrogen-bond donors (Lipinski definition) is 1. The topological polar surface area (TPSA) is 70.0 Å². The van der Waals surface area contributed by atoms with Crippen LogP contribution in [0.25, 0.3) is 0 Å². The number of halogens is 2.